The minimum absolute atomic E-state index is 0.0762. The summed E-state index contributed by atoms with van der Waals surface area (Å²) >= 11 is 0. The SMILES string of the molecule is CC(C)Oc1cccc(C(C)NC(=O)C(NC(=O)c2ccco2)C(C)C)c1. The summed E-state index contributed by atoms with van der Waals surface area (Å²) in [5.41, 5.74) is 0.932. The van der Waals surface area contributed by atoms with E-state index in [1.165, 1.54) is 6.26 Å². The fraction of sp³-hybridized carbons (Fsp3) is 0.429. The molecule has 146 valence electrons. The summed E-state index contributed by atoms with van der Waals surface area (Å²) in [7, 11) is 0. The predicted molar refractivity (Wildman–Crippen MR) is 104 cm³/mol. The molecule has 2 atom stereocenters. The quantitative estimate of drug-likeness (QED) is 0.740. The molecule has 2 amide bonds. The molecule has 2 rings (SSSR count). The summed E-state index contributed by atoms with van der Waals surface area (Å²) < 4.78 is 10.8. The highest BCUT2D eigenvalue weighted by atomic mass is 16.5. The second-order valence-corrected chi connectivity index (χ2v) is 7.14. The van der Waals surface area contributed by atoms with Crippen molar-refractivity contribution in [2.75, 3.05) is 0 Å². The lowest BCUT2D eigenvalue weighted by atomic mass is 10.0. The van der Waals surface area contributed by atoms with Crippen LogP contribution in [0, 0.1) is 5.92 Å². The van der Waals surface area contributed by atoms with Crippen LogP contribution in [0.5, 0.6) is 5.75 Å². The molecule has 1 aromatic carbocycles. The van der Waals surface area contributed by atoms with E-state index >= 15 is 0 Å². The van der Waals surface area contributed by atoms with Gasteiger partial charge in [0.1, 0.15) is 11.8 Å². The van der Waals surface area contributed by atoms with Crippen molar-refractivity contribution in [1.29, 1.82) is 0 Å². The van der Waals surface area contributed by atoms with E-state index in [9.17, 15) is 9.59 Å². The highest BCUT2D eigenvalue weighted by molar-refractivity contribution is 5.95. The molecule has 0 aliphatic rings. The number of carbonyl (C=O) groups is 2. The van der Waals surface area contributed by atoms with Crippen molar-refractivity contribution in [1.82, 2.24) is 10.6 Å². The fourth-order valence-corrected chi connectivity index (χ4v) is 2.67. The second kappa shape index (κ2) is 9.26. The Labute approximate surface area is 160 Å². The maximum absolute atomic E-state index is 12.7. The van der Waals surface area contributed by atoms with Crippen LogP contribution in [-0.2, 0) is 4.79 Å². The Morgan fingerprint density at radius 3 is 2.33 bits per heavy atom. The molecular weight excluding hydrogens is 344 g/mol. The van der Waals surface area contributed by atoms with E-state index in [2.05, 4.69) is 10.6 Å². The second-order valence-electron chi connectivity index (χ2n) is 7.14. The van der Waals surface area contributed by atoms with Crippen LogP contribution < -0.4 is 15.4 Å². The number of ether oxygens (including phenoxy) is 1. The molecule has 0 spiro atoms. The third-order valence-corrected chi connectivity index (χ3v) is 4.07. The van der Waals surface area contributed by atoms with Crippen molar-refractivity contribution in [3.05, 3.63) is 54.0 Å². The third kappa shape index (κ3) is 5.88. The van der Waals surface area contributed by atoms with Crippen LogP contribution in [0.2, 0.25) is 0 Å². The molecule has 1 aromatic heterocycles. The van der Waals surface area contributed by atoms with E-state index < -0.39 is 11.9 Å². The summed E-state index contributed by atoms with van der Waals surface area (Å²) in [4.78, 5) is 25.0. The van der Waals surface area contributed by atoms with Gasteiger partial charge in [0.2, 0.25) is 5.91 Å². The standard InChI is InChI=1S/C21H28N2O4/c1-13(2)19(23-20(24)18-10-7-11-26-18)21(25)22-15(5)16-8-6-9-17(12-16)27-14(3)4/h6-15,19H,1-5H3,(H,22,25)(H,23,24). The number of nitrogens with one attached hydrogen (secondary N) is 2. The molecule has 2 N–H and O–H groups in total. The first-order valence-corrected chi connectivity index (χ1v) is 9.19. The Bertz CT molecular complexity index is 753. The molecule has 0 radical (unpaired) electrons. The molecule has 2 unspecified atom stereocenters. The maximum atomic E-state index is 12.7. The van der Waals surface area contributed by atoms with Crippen LogP contribution in [0.3, 0.4) is 0 Å². The monoisotopic (exact) mass is 372 g/mol. The first kappa shape index (κ1) is 20.6. The van der Waals surface area contributed by atoms with Gasteiger partial charge in [-0.05, 0) is 56.5 Å². The number of rotatable bonds is 8. The summed E-state index contributed by atoms with van der Waals surface area (Å²) in [5, 5.41) is 5.71. The normalized spacial score (nSPS) is 13.3. The van der Waals surface area contributed by atoms with Crippen LogP contribution in [0.4, 0.5) is 0 Å². The van der Waals surface area contributed by atoms with Gasteiger partial charge in [-0.25, -0.2) is 0 Å². The molecule has 0 aliphatic carbocycles. The Morgan fingerprint density at radius 1 is 1.00 bits per heavy atom. The minimum atomic E-state index is -0.667. The van der Waals surface area contributed by atoms with Gasteiger partial charge >= 0.3 is 0 Å². The van der Waals surface area contributed by atoms with Crippen LogP contribution in [0.15, 0.2) is 47.1 Å². The Hall–Kier alpha value is -2.76. The topological polar surface area (TPSA) is 80.6 Å². The van der Waals surface area contributed by atoms with Gasteiger partial charge in [-0.2, -0.15) is 0 Å². The minimum Gasteiger partial charge on any atom is -0.491 e. The Balaban J connectivity index is 2.05. The molecule has 0 saturated heterocycles. The average Bonchev–Trinajstić information content (AvgIpc) is 3.13. The Morgan fingerprint density at radius 2 is 1.74 bits per heavy atom. The number of hydrogen-bond acceptors (Lipinski definition) is 4. The zero-order chi connectivity index (χ0) is 20.0. The summed E-state index contributed by atoms with van der Waals surface area (Å²) in [6.45, 7) is 9.60. The number of carbonyl (C=O) groups excluding carboxylic acids is 2. The number of benzene rings is 1. The highest BCUT2D eigenvalue weighted by Crippen LogP contribution is 2.20. The van der Waals surface area contributed by atoms with Gasteiger partial charge in [-0.1, -0.05) is 26.0 Å². The molecule has 27 heavy (non-hydrogen) atoms. The van der Waals surface area contributed by atoms with Gasteiger partial charge in [-0.15, -0.1) is 0 Å². The lowest BCUT2D eigenvalue weighted by Gasteiger charge is -2.24. The first-order valence-electron chi connectivity index (χ1n) is 9.19. The molecule has 0 saturated carbocycles. The van der Waals surface area contributed by atoms with Crippen molar-refractivity contribution in [3.63, 3.8) is 0 Å². The van der Waals surface area contributed by atoms with Crippen LogP contribution in [-0.4, -0.2) is 24.0 Å². The van der Waals surface area contributed by atoms with Crippen LogP contribution in [0.25, 0.3) is 0 Å². The fourth-order valence-electron chi connectivity index (χ4n) is 2.67. The molecule has 1 heterocycles. The predicted octanol–water partition coefficient (Wildman–Crippen LogP) is 3.70. The Kier molecular flexibility index (Phi) is 7.05. The van der Waals surface area contributed by atoms with Gasteiger partial charge < -0.3 is 19.8 Å². The van der Waals surface area contributed by atoms with Crippen LogP contribution >= 0.6 is 0 Å². The molecule has 0 aliphatic heterocycles. The number of hydrogen-bond donors (Lipinski definition) is 2. The van der Waals surface area contributed by atoms with E-state index in [1.807, 2.05) is 58.9 Å². The lowest BCUT2D eigenvalue weighted by molar-refractivity contribution is -0.124. The highest BCUT2D eigenvalue weighted by Gasteiger charge is 2.26. The molecule has 0 fully saturated rings. The van der Waals surface area contributed by atoms with Crippen molar-refractivity contribution in [2.24, 2.45) is 5.92 Å². The van der Waals surface area contributed by atoms with Crippen molar-refractivity contribution < 1.29 is 18.7 Å². The summed E-state index contributed by atoms with van der Waals surface area (Å²) in [6.07, 6.45) is 1.50. The van der Waals surface area contributed by atoms with Gasteiger partial charge in [0.15, 0.2) is 5.76 Å². The summed E-state index contributed by atoms with van der Waals surface area (Å²) in [6, 6.07) is 9.93. The third-order valence-electron chi connectivity index (χ3n) is 4.07. The van der Waals surface area contributed by atoms with Crippen molar-refractivity contribution >= 4 is 11.8 Å². The molecule has 2 aromatic rings. The van der Waals surface area contributed by atoms with Crippen molar-refractivity contribution in [3.8, 4) is 5.75 Å². The van der Waals surface area contributed by atoms with E-state index in [1.54, 1.807) is 12.1 Å². The average molecular weight is 372 g/mol. The first-order chi connectivity index (χ1) is 12.8. The van der Waals surface area contributed by atoms with E-state index in [0.29, 0.717) is 0 Å². The molecule has 6 nitrogen and oxygen atoms in total. The number of amides is 2. The lowest BCUT2D eigenvalue weighted by Crippen LogP contribution is -2.50. The zero-order valence-electron chi connectivity index (χ0n) is 16.5. The van der Waals surface area contributed by atoms with Gasteiger partial charge in [0.05, 0.1) is 18.4 Å². The number of furan rings is 1. The van der Waals surface area contributed by atoms with E-state index in [-0.39, 0.29) is 29.7 Å². The molecule has 0 bridgehead atoms. The summed E-state index contributed by atoms with van der Waals surface area (Å²) in [5.74, 6) is 0.211. The smallest absolute Gasteiger partial charge is 0.287 e. The van der Waals surface area contributed by atoms with E-state index in [4.69, 9.17) is 9.15 Å². The molecule has 6 heteroatoms. The maximum Gasteiger partial charge on any atom is 0.287 e. The molecular formula is C21H28N2O4. The van der Waals surface area contributed by atoms with E-state index in [0.717, 1.165) is 11.3 Å². The van der Waals surface area contributed by atoms with Crippen LogP contribution in [0.1, 0.15) is 56.8 Å². The zero-order valence-corrected chi connectivity index (χ0v) is 16.5. The van der Waals surface area contributed by atoms with Gasteiger partial charge in [0, 0.05) is 0 Å². The van der Waals surface area contributed by atoms with Crippen molar-refractivity contribution in [2.45, 2.75) is 52.8 Å². The van der Waals surface area contributed by atoms with Gasteiger partial charge in [0.25, 0.3) is 5.91 Å². The largest absolute Gasteiger partial charge is 0.491 e. The van der Waals surface area contributed by atoms with Gasteiger partial charge in [-0.3, -0.25) is 9.59 Å².